The first-order chi connectivity index (χ1) is 18.9. The SMILES string of the molecule is Cc1nc(-c2cccc(NC(=O)COc3cccc([C@@H]4OC[C@@H](c5ccccc5Cl)C[C@H]4C(C)C)c3)c2)cs1. The molecule has 0 aliphatic carbocycles. The van der Waals surface area contributed by atoms with Gasteiger partial charge in [-0.15, -0.1) is 11.3 Å². The number of ether oxygens (including phenoxy) is 2. The first-order valence-corrected chi connectivity index (χ1v) is 14.5. The predicted octanol–water partition coefficient (Wildman–Crippen LogP) is 8.31. The molecule has 202 valence electrons. The third kappa shape index (κ3) is 6.70. The number of nitrogens with one attached hydrogen (secondary N) is 1. The van der Waals surface area contributed by atoms with Crippen molar-refractivity contribution in [3.63, 3.8) is 0 Å². The molecule has 0 radical (unpaired) electrons. The number of benzene rings is 3. The van der Waals surface area contributed by atoms with Crippen molar-refractivity contribution in [1.29, 1.82) is 0 Å². The number of hydrogen-bond acceptors (Lipinski definition) is 5. The fraction of sp³-hybridized carbons (Fsp3) is 0.312. The standard InChI is InChI=1S/C32H33ClN2O3S/c1-20(2)28-16-24(27-12-4-5-13-29(27)33)17-38-32(28)23-9-7-11-26(15-23)37-18-31(36)35-25-10-6-8-22(14-25)30-19-39-21(3)34-30/h4-15,19-20,24,28,32H,16-18H2,1-3H3,(H,35,36)/t24-,28-,32-/m0/s1. The van der Waals surface area contributed by atoms with Crippen LogP contribution in [0.4, 0.5) is 5.69 Å². The molecule has 7 heteroatoms. The van der Waals surface area contributed by atoms with Gasteiger partial charge in [-0.2, -0.15) is 0 Å². The van der Waals surface area contributed by atoms with Gasteiger partial charge >= 0.3 is 0 Å². The number of hydrogen-bond donors (Lipinski definition) is 1. The van der Waals surface area contributed by atoms with Crippen LogP contribution in [0.25, 0.3) is 11.3 Å². The molecule has 1 aromatic heterocycles. The van der Waals surface area contributed by atoms with Gasteiger partial charge in [0, 0.05) is 27.6 Å². The van der Waals surface area contributed by atoms with E-state index >= 15 is 0 Å². The Balaban J connectivity index is 1.22. The lowest BCUT2D eigenvalue weighted by molar-refractivity contribution is -0.118. The lowest BCUT2D eigenvalue weighted by Crippen LogP contribution is -2.31. The highest BCUT2D eigenvalue weighted by Gasteiger charge is 2.35. The molecule has 0 unspecified atom stereocenters. The quantitative estimate of drug-likeness (QED) is 0.235. The van der Waals surface area contributed by atoms with E-state index in [9.17, 15) is 4.79 Å². The van der Waals surface area contributed by atoms with Crippen molar-refractivity contribution in [2.24, 2.45) is 11.8 Å². The zero-order valence-corrected chi connectivity index (χ0v) is 24.0. The van der Waals surface area contributed by atoms with Crippen LogP contribution in [0.2, 0.25) is 5.02 Å². The number of nitrogens with zero attached hydrogens (tertiary/aromatic N) is 1. The maximum Gasteiger partial charge on any atom is 0.262 e. The molecule has 3 atom stereocenters. The molecule has 4 aromatic rings. The van der Waals surface area contributed by atoms with Gasteiger partial charge in [-0.25, -0.2) is 4.98 Å². The van der Waals surface area contributed by atoms with Crippen molar-refractivity contribution in [2.45, 2.75) is 39.2 Å². The molecule has 39 heavy (non-hydrogen) atoms. The molecule has 0 spiro atoms. The second-order valence-electron chi connectivity index (χ2n) is 10.4. The Morgan fingerprint density at radius 3 is 2.72 bits per heavy atom. The van der Waals surface area contributed by atoms with E-state index in [0.29, 0.717) is 29.9 Å². The largest absolute Gasteiger partial charge is 0.484 e. The Hall–Kier alpha value is -3.19. The van der Waals surface area contributed by atoms with Crippen molar-refractivity contribution in [3.8, 4) is 17.0 Å². The fourth-order valence-corrected chi connectivity index (χ4v) is 6.14. The van der Waals surface area contributed by atoms with Crippen LogP contribution in [0.1, 0.15) is 48.4 Å². The molecule has 3 aromatic carbocycles. The van der Waals surface area contributed by atoms with E-state index < -0.39 is 0 Å². The summed E-state index contributed by atoms with van der Waals surface area (Å²) in [6, 6.07) is 23.6. The monoisotopic (exact) mass is 560 g/mol. The molecule has 1 N–H and O–H groups in total. The molecule has 5 nitrogen and oxygen atoms in total. The van der Waals surface area contributed by atoms with E-state index in [2.05, 4.69) is 36.3 Å². The summed E-state index contributed by atoms with van der Waals surface area (Å²) in [5.74, 6) is 1.45. The van der Waals surface area contributed by atoms with E-state index in [4.69, 9.17) is 21.1 Å². The van der Waals surface area contributed by atoms with Crippen LogP contribution >= 0.6 is 22.9 Å². The van der Waals surface area contributed by atoms with Crippen LogP contribution in [0.15, 0.2) is 78.2 Å². The molecule has 2 heterocycles. The number of anilines is 1. The highest BCUT2D eigenvalue weighted by atomic mass is 35.5. The molecule has 1 amide bonds. The smallest absolute Gasteiger partial charge is 0.262 e. The number of halogens is 1. The van der Waals surface area contributed by atoms with Crippen LogP contribution in [0, 0.1) is 18.8 Å². The third-order valence-electron chi connectivity index (χ3n) is 7.24. The van der Waals surface area contributed by atoms with Crippen molar-refractivity contribution in [1.82, 2.24) is 4.98 Å². The van der Waals surface area contributed by atoms with E-state index in [1.807, 2.05) is 73.0 Å². The topological polar surface area (TPSA) is 60.5 Å². The lowest BCUT2D eigenvalue weighted by atomic mass is 9.76. The van der Waals surface area contributed by atoms with E-state index in [1.165, 1.54) is 0 Å². The summed E-state index contributed by atoms with van der Waals surface area (Å²) >= 11 is 8.10. The van der Waals surface area contributed by atoms with Gasteiger partial charge < -0.3 is 14.8 Å². The highest BCUT2D eigenvalue weighted by Crippen LogP contribution is 2.45. The van der Waals surface area contributed by atoms with Crippen LogP contribution in [0.3, 0.4) is 0 Å². The first kappa shape index (κ1) is 27.4. The number of aromatic nitrogens is 1. The zero-order valence-electron chi connectivity index (χ0n) is 22.4. The van der Waals surface area contributed by atoms with Crippen molar-refractivity contribution in [3.05, 3.63) is 99.3 Å². The van der Waals surface area contributed by atoms with Gasteiger partial charge in [0.15, 0.2) is 6.61 Å². The molecule has 0 bridgehead atoms. The lowest BCUT2D eigenvalue weighted by Gasteiger charge is -2.39. The minimum atomic E-state index is -0.219. The van der Waals surface area contributed by atoms with Gasteiger partial charge in [0.05, 0.1) is 23.4 Å². The number of carbonyl (C=O) groups is 1. The summed E-state index contributed by atoms with van der Waals surface area (Å²) in [5.41, 5.74) is 4.80. The summed E-state index contributed by atoms with van der Waals surface area (Å²) < 4.78 is 12.4. The molecule has 5 rings (SSSR count). The third-order valence-corrected chi connectivity index (χ3v) is 8.36. The average Bonchev–Trinajstić information content (AvgIpc) is 3.38. The first-order valence-electron chi connectivity index (χ1n) is 13.3. The van der Waals surface area contributed by atoms with Crippen LogP contribution in [0.5, 0.6) is 5.75 Å². The van der Waals surface area contributed by atoms with Crippen LogP contribution < -0.4 is 10.1 Å². The van der Waals surface area contributed by atoms with Crippen molar-refractivity contribution in [2.75, 3.05) is 18.5 Å². The summed E-state index contributed by atoms with van der Waals surface area (Å²) in [6.45, 7) is 6.99. The summed E-state index contributed by atoms with van der Waals surface area (Å²) in [7, 11) is 0. The van der Waals surface area contributed by atoms with Gasteiger partial charge in [-0.05, 0) is 66.6 Å². The summed E-state index contributed by atoms with van der Waals surface area (Å²) in [4.78, 5) is 17.2. The molecule has 0 saturated carbocycles. The minimum absolute atomic E-state index is 0.0433. The number of carbonyl (C=O) groups excluding carboxylic acids is 1. The highest BCUT2D eigenvalue weighted by molar-refractivity contribution is 7.09. The van der Waals surface area contributed by atoms with Crippen LogP contribution in [-0.2, 0) is 9.53 Å². The zero-order chi connectivity index (χ0) is 27.4. The molecule has 1 saturated heterocycles. The number of aryl methyl sites for hydroxylation is 1. The van der Waals surface area contributed by atoms with E-state index in [-0.39, 0.29) is 24.5 Å². The average molecular weight is 561 g/mol. The Bertz CT molecular complexity index is 1440. The van der Waals surface area contributed by atoms with E-state index in [0.717, 1.165) is 38.8 Å². The second kappa shape index (κ2) is 12.3. The van der Waals surface area contributed by atoms with Gasteiger partial charge in [0.2, 0.25) is 0 Å². The Morgan fingerprint density at radius 1 is 1.13 bits per heavy atom. The normalized spacial score (nSPS) is 19.2. The Labute approximate surface area is 239 Å². The number of thiazole rings is 1. The maximum atomic E-state index is 12.7. The number of amides is 1. The van der Waals surface area contributed by atoms with Gasteiger partial charge in [-0.1, -0.05) is 67.9 Å². The predicted molar refractivity (Wildman–Crippen MR) is 159 cm³/mol. The molecule has 1 aliphatic rings. The molecule has 1 aliphatic heterocycles. The second-order valence-corrected chi connectivity index (χ2v) is 11.8. The Morgan fingerprint density at radius 2 is 1.95 bits per heavy atom. The van der Waals surface area contributed by atoms with E-state index in [1.54, 1.807) is 11.3 Å². The van der Waals surface area contributed by atoms with Gasteiger partial charge in [-0.3, -0.25) is 4.79 Å². The molecule has 1 fully saturated rings. The Kier molecular flexibility index (Phi) is 8.66. The van der Waals surface area contributed by atoms with Gasteiger partial charge in [0.25, 0.3) is 5.91 Å². The summed E-state index contributed by atoms with van der Waals surface area (Å²) in [6.07, 6.45) is 0.956. The minimum Gasteiger partial charge on any atom is -0.484 e. The van der Waals surface area contributed by atoms with Gasteiger partial charge in [0.1, 0.15) is 5.75 Å². The fourth-order valence-electron chi connectivity index (χ4n) is 5.23. The summed E-state index contributed by atoms with van der Waals surface area (Å²) in [5, 5.41) is 6.75. The van der Waals surface area contributed by atoms with Crippen molar-refractivity contribution >= 4 is 34.5 Å². The molecular weight excluding hydrogens is 528 g/mol. The maximum absolute atomic E-state index is 12.7. The van der Waals surface area contributed by atoms with Crippen molar-refractivity contribution < 1.29 is 14.3 Å². The molecular formula is C32H33ClN2O3S. The van der Waals surface area contributed by atoms with Crippen LogP contribution in [-0.4, -0.2) is 24.1 Å². The number of rotatable bonds is 8.